The first-order chi connectivity index (χ1) is 13.1. The number of carbonyl (C=O) groups excluding carboxylic acids is 1. The van der Waals surface area contributed by atoms with E-state index in [1.54, 1.807) is 12.1 Å². The fourth-order valence-corrected chi connectivity index (χ4v) is 4.66. The summed E-state index contributed by atoms with van der Waals surface area (Å²) in [6, 6.07) is 16.7. The Hall–Kier alpha value is -2.20. The molecule has 0 radical (unpaired) electrons. The van der Waals surface area contributed by atoms with Gasteiger partial charge in [-0.3, -0.25) is 4.79 Å². The van der Waals surface area contributed by atoms with E-state index in [-0.39, 0.29) is 23.9 Å². The lowest BCUT2D eigenvalue weighted by molar-refractivity contribution is -0.150. The molecule has 142 valence electrons. The van der Waals surface area contributed by atoms with E-state index in [9.17, 15) is 9.18 Å². The molecule has 1 amide bonds. The van der Waals surface area contributed by atoms with Crippen molar-refractivity contribution in [2.75, 3.05) is 13.1 Å². The standard InChI is InChI=1S/C23H26FNO2/c1-17-15-25(16-21(27-17)18-8-3-2-4-9-18)22(26)23(12-5-6-13-23)19-10-7-11-20(24)14-19/h2-4,7-11,14,17,21H,5-6,12-13,15-16H2,1H3. The first-order valence-electron chi connectivity index (χ1n) is 9.84. The Morgan fingerprint density at radius 2 is 1.81 bits per heavy atom. The Balaban J connectivity index is 1.63. The van der Waals surface area contributed by atoms with Crippen LogP contribution in [0.15, 0.2) is 54.6 Å². The fourth-order valence-electron chi connectivity index (χ4n) is 4.66. The average molecular weight is 367 g/mol. The molecule has 1 aliphatic heterocycles. The number of hydrogen-bond acceptors (Lipinski definition) is 2. The molecular formula is C23H26FNO2. The molecular weight excluding hydrogens is 341 g/mol. The molecule has 2 aromatic rings. The summed E-state index contributed by atoms with van der Waals surface area (Å²) in [5.41, 5.74) is 1.31. The van der Waals surface area contributed by atoms with E-state index in [4.69, 9.17) is 4.74 Å². The maximum atomic E-state index is 13.9. The molecule has 1 aliphatic carbocycles. The van der Waals surface area contributed by atoms with Gasteiger partial charge in [-0.15, -0.1) is 0 Å². The van der Waals surface area contributed by atoms with Gasteiger partial charge < -0.3 is 9.64 Å². The summed E-state index contributed by atoms with van der Waals surface area (Å²) < 4.78 is 20.0. The molecule has 2 fully saturated rings. The van der Waals surface area contributed by atoms with Crippen molar-refractivity contribution in [1.29, 1.82) is 0 Å². The van der Waals surface area contributed by atoms with Crippen LogP contribution in [0.25, 0.3) is 0 Å². The van der Waals surface area contributed by atoms with Crippen LogP contribution in [-0.2, 0) is 14.9 Å². The van der Waals surface area contributed by atoms with Crippen molar-refractivity contribution < 1.29 is 13.9 Å². The van der Waals surface area contributed by atoms with Gasteiger partial charge >= 0.3 is 0 Å². The van der Waals surface area contributed by atoms with Crippen LogP contribution in [0, 0.1) is 5.82 Å². The lowest BCUT2D eigenvalue weighted by Crippen LogP contribution is -2.52. The van der Waals surface area contributed by atoms with E-state index in [0.717, 1.165) is 36.8 Å². The lowest BCUT2D eigenvalue weighted by Gasteiger charge is -2.41. The molecule has 1 saturated carbocycles. The molecule has 1 heterocycles. The minimum Gasteiger partial charge on any atom is -0.367 e. The number of nitrogens with zero attached hydrogens (tertiary/aromatic N) is 1. The molecule has 4 heteroatoms. The van der Waals surface area contributed by atoms with Crippen molar-refractivity contribution >= 4 is 5.91 Å². The predicted octanol–water partition coefficient (Wildman–Crippen LogP) is 4.63. The number of rotatable bonds is 3. The number of carbonyl (C=O) groups is 1. The topological polar surface area (TPSA) is 29.5 Å². The summed E-state index contributed by atoms with van der Waals surface area (Å²) in [5.74, 6) is -0.147. The number of amides is 1. The normalized spacial score (nSPS) is 24.7. The molecule has 0 spiro atoms. The molecule has 0 N–H and O–H groups in total. The Morgan fingerprint density at radius 1 is 1.07 bits per heavy atom. The highest BCUT2D eigenvalue weighted by atomic mass is 19.1. The van der Waals surface area contributed by atoms with Crippen LogP contribution in [0.5, 0.6) is 0 Å². The van der Waals surface area contributed by atoms with E-state index >= 15 is 0 Å². The molecule has 27 heavy (non-hydrogen) atoms. The summed E-state index contributed by atoms with van der Waals surface area (Å²) in [6.07, 6.45) is 3.44. The minimum absolute atomic E-state index is 0.0288. The Kier molecular flexibility index (Phi) is 5.00. The van der Waals surface area contributed by atoms with Crippen molar-refractivity contribution in [2.24, 2.45) is 0 Å². The molecule has 3 nitrogen and oxygen atoms in total. The third kappa shape index (κ3) is 3.51. The zero-order chi connectivity index (χ0) is 18.9. The first-order valence-corrected chi connectivity index (χ1v) is 9.84. The van der Waals surface area contributed by atoms with Crippen LogP contribution in [-0.4, -0.2) is 30.0 Å². The largest absolute Gasteiger partial charge is 0.367 e. The molecule has 0 bridgehead atoms. The zero-order valence-corrected chi connectivity index (χ0v) is 15.7. The summed E-state index contributed by atoms with van der Waals surface area (Å²) in [6.45, 7) is 3.14. The van der Waals surface area contributed by atoms with Gasteiger partial charge in [-0.2, -0.15) is 0 Å². The number of halogens is 1. The summed E-state index contributed by atoms with van der Waals surface area (Å²) in [4.78, 5) is 15.7. The van der Waals surface area contributed by atoms with Crippen molar-refractivity contribution in [3.8, 4) is 0 Å². The van der Waals surface area contributed by atoms with Gasteiger partial charge in [0.1, 0.15) is 11.9 Å². The van der Waals surface area contributed by atoms with Crippen LogP contribution in [0.2, 0.25) is 0 Å². The van der Waals surface area contributed by atoms with Gasteiger partial charge in [0.15, 0.2) is 0 Å². The summed E-state index contributed by atoms with van der Waals surface area (Å²) >= 11 is 0. The molecule has 2 unspecified atom stereocenters. The SMILES string of the molecule is CC1CN(C(=O)C2(c3cccc(F)c3)CCCC2)CC(c2ccccc2)O1. The second-order valence-electron chi connectivity index (χ2n) is 7.86. The van der Waals surface area contributed by atoms with Gasteiger partial charge in [-0.1, -0.05) is 55.3 Å². The van der Waals surface area contributed by atoms with Gasteiger partial charge in [0, 0.05) is 6.54 Å². The van der Waals surface area contributed by atoms with Gasteiger partial charge in [-0.25, -0.2) is 4.39 Å². The van der Waals surface area contributed by atoms with Crippen molar-refractivity contribution in [1.82, 2.24) is 4.90 Å². The number of benzene rings is 2. The summed E-state index contributed by atoms with van der Waals surface area (Å²) in [7, 11) is 0. The molecule has 1 saturated heterocycles. The highest BCUT2D eigenvalue weighted by molar-refractivity contribution is 5.89. The van der Waals surface area contributed by atoms with E-state index < -0.39 is 5.41 Å². The zero-order valence-electron chi connectivity index (χ0n) is 15.7. The monoisotopic (exact) mass is 367 g/mol. The smallest absolute Gasteiger partial charge is 0.233 e. The quantitative estimate of drug-likeness (QED) is 0.792. The van der Waals surface area contributed by atoms with Crippen molar-refractivity contribution in [3.63, 3.8) is 0 Å². The Bertz CT molecular complexity index is 801. The number of morpholine rings is 1. The van der Waals surface area contributed by atoms with Crippen LogP contribution >= 0.6 is 0 Å². The van der Waals surface area contributed by atoms with E-state index in [1.165, 1.54) is 6.07 Å². The van der Waals surface area contributed by atoms with Gasteiger partial charge in [0.25, 0.3) is 0 Å². The minimum atomic E-state index is -0.597. The Labute approximate surface area is 160 Å². The molecule has 2 aliphatic rings. The van der Waals surface area contributed by atoms with Crippen LogP contribution in [0.4, 0.5) is 4.39 Å². The second-order valence-corrected chi connectivity index (χ2v) is 7.86. The maximum Gasteiger partial charge on any atom is 0.233 e. The summed E-state index contributed by atoms with van der Waals surface area (Å²) in [5, 5.41) is 0. The van der Waals surface area contributed by atoms with Gasteiger partial charge in [-0.05, 0) is 43.0 Å². The van der Waals surface area contributed by atoms with Crippen LogP contribution in [0.1, 0.15) is 49.8 Å². The van der Waals surface area contributed by atoms with E-state index in [2.05, 4.69) is 0 Å². The fraction of sp³-hybridized carbons (Fsp3) is 0.435. The second kappa shape index (κ2) is 7.43. The van der Waals surface area contributed by atoms with E-state index in [1.807, 2.05) is 48.2 Å². The third-order valence-corrected chi connectivity index (χ3v) is 5.96. The third-order valence-electron chi connectivity index (χ3n) is 5.96. The Morgan fingerprint density at radius 3 is 2.52 bits per heavy atom. The molecule has 4 rings (SSSR count). The van der Waals surface area contributed by atoms with Crippen LogP contribution < -0.4 is 0 Å². The molecule has 0 aromatic heterocycles. The van der Waals surface area contributed by atoms with E-state index in [0.29, 0.717) is 13.1 Å². The predicted molar refractivity (Wildman–Crippen MR) is 103 cm³/mol. The molecule has 2 aromatic carbocycles. The highest BCUT2D eigenvalue weighted by Gasteiger charge is 2.46. The van der Waals surface area contributed by atoms with Crippen molar-refractivity contribution in [3.05, 3.63) is 71.5 Å². The van der Waals surface area contributed by atoms with Gasteiger partial charge in [0.05, 0.1) is 18.1 Å². The average Bonchev–Trinajstić information content (AvgIpc) is 3.19. The maximum absolute atomic E-state index is 13.9. The van der Waals surface area contributed by atoms with Crippen molar-refractivity contribution in [2.45, 2.75) is 50.2 Å². The van der Waals surface area contributed by atoms with Gasteiger partial charge in [0.2, 0.25) is 5.91 Å². The molecule has 2 atom stereocenters. The van der Waals surface area contributed by atoms with Crippen LogP contribution in [0.3, 0.4) is 0 Å². The lowest BCUT2D eigenvalue weighted by atomic mass is 9.77. The first kappa shape index (κ1) is 18.2. The highest BCUT2D eigenvalue weighted by Crippen LogP contribution is 2.43. The number of ether oxygens (including phenoxy) is 1. The number of hydrogen-bond donors (Lipinski definition) is 0.